The molecular formula is C17H22N2O2S. The third kappa shape index (κ3) is 2.99. The maximum atomic E-state index is 6.01. The Morgan fingerprint density at radius 2 is 2.18 bits per heavy atom. The Hall–Kier alpha value is -1.14. The predicted octanol–water partition coefficient (Wildman–Crippen LogP) is 2.73. The lowest BCUT2D eigenvalue weighted by atomic mass is 10.1. The van der Waals surface area contributed by atoms with Crippen molar-refractivity contribution in [2.24, 2.45) is 0 Å². The first-order valence-electron chi connectivity index (χ1n) is 7.92. The van der Waals surface area contributed by atoms with E-state index in [2.05, 4.69) is 32.7 Å². The van der Waals surface area contributed by atoms with Crippen LogP contribution in [0.15, 0.2) is 33.4 Å². The summed E-state index contributed by atoms with van der Waals surface area (Å²) in [5.74, 6) is 2.06. The van der Waals surface area contributed by atoms with Gasteiger partial charge in [-0.2, -0.15) is 11.3 Å². The summed E-state index contributed by atoms with van der Waals surface area (Å²) in [6, 6.07) is 6.84. The Balaban J connectivity index is 1.42. The largest absolute Gasteiger partial charge is 0.465 e. The molecule has 2 fully saturated rings. The standard InChI is InChI=1S/C17H22N2O2S/c1-13-2-3-15(21-13)9-19-5-6-20-17-11-18(10-16(17)19)8-14-4-7-22-12-14/h2-4,7,12,16-17H,5-6,8-11H2,1H3/t16-,17+/m0/s1. The summed E-state index contributed by atoms with van der Waals surface area (Å²) in [6.45, 7) is 7.87. The minimum Gasteiger partial charge on any atom is -0.465 e. The maximum Gasteiger partial charge on any atom is 0.118 e. The van der Waals surface area contributed by atoms with Gasteiger partial charge in [0.15, 0.2) is 0 Å². The van der Waals surface area contributed by atoms with Gasteiger partial charge >= 0.3 is 0 Å². The summed E-state index contributed by atoms with van der Waals surface area (Å²) in [5, 5.41) is 4.40. The zero-order valence-corrected chi connectivity index (χ0v) is 13.7. The molecule has 0 amide bonds. The van der Waals surface area contributed by atoms with Gasteiger partial charge in [-0.25, -0.2) is 0 Å². The van der Waals surface area contributed by atoms with Crippen LogP contribution in [0.5, 0.6) is 0 Å². The van der Waals surface area contributed by atoms with Gasteiger partial charge in [0.2, 0.25) is 0 Å². The molecule has 5 heteroatoms. The number of furan rings is 1. The second-order valence-electron chi connectivity index (χ2n) is 6.29. The molecule has 2 aromatic heterocycles. The van der Waals surface area contributed by atoms with Crippen LogP contribution in [0.3, 0.4) is 0 Å². The van der Waals surface area contributed by atoms with Crippen LogP contribution in [-0.2, 0) is 17.8 Å². The van der Waals surface area contributed by atoms with E-state index in [1.807, 2.05) is 13.0 Å². The Bertz CT molecular complexity index is 610. The molecule has 0 aliphatic carbocycles. The number of hydrogen-bond donors (Lipinski definition) is 0. The summed E-state index contributed by atoms with van der Waals surface area (Å²) in [4.78, 5) is 5.04. The quantitative estimate of drug-likeness (QED) is 0.867. The Labute approximate surface area is 135 Å². The fourth-order valence-corrected chi connectivity index (χ4v) is 4.23. The number of thiophene rings is 1. The van der Waals surface area contributed by atoms with Crippen LogP contribution in [0.2, 0.25) is 0 Å². The van der Waals surface area contributed by atoms with E-state index >= 15 is 0 Å². The number of morpholine rings is 1. The van der Waals surface area contributed by atoms with E-state index in [1.54, 1.807) is 11.3 Å². The first-order valence-corrected chi connectivity index (χ1v) is 8.86. The number of rotatable bonds is 4. The third-order valence-corrected chi connectivity index (χ3v) is 5.37. The van der Waals surface area contributed by atoms with Gasteiger partial charge in [-0.1, -0.05) is 0 Å². The Morgan fingerprint density at radius 3 is 2.95 bits per heavy atom. The van der Waals surface area contributed by atoms with E-state index in [0.29, 0.717) is 12.1 Å². The topological polar surface area (TPSA) is 28.9 Å². The molecular weight excluding hydrogens is 296 g/mol. The molecule has 2 saturated heterocycles. The average molecular weight is 318 g/mol. The third-order valence-electron chi connectivity index (χ3n) is 4.63. The van der Waals surface area contributed by atoms with Crippen molar-refractivity contribution in [3.05, 3.63) is 46.0 Å². The maximum absolute atomic E-state index is 6.01. The van der Waals surface area contributed by atoms with Crippen molar-refractivity contribution in [3.8, 4) is 0 Å². The summed E-state index contributed by atoms with van der Waals surface area (Å²) < 4.78 is 11.8. The highest BCUT2D eigenvalue weighted by molar-refractivity contribution is 7.07. The van der Waals surface area contributed by atoms with Gasteiger partial charge in [-0.15, -0.1) is 0 Å². The summed E-state index contributed by atoms with van der Waals surface area (Å²) in [6.07, 6.45) is 0.337. The van der Waals surface area contributed by atoms with Crippen LogP contribution in [-0.4, -0.2) is 48.2 Å². The van der Waals surface area contributed by atoms with Crippen molar-refractivity contribution in [2.45, 2.75) is 32.2 Å². The van der Waals surface area contributed by atoms with Gasteiger partial charge in [0, 0.05) is 26.2 Å². The minimum absolute atomic E-state index is 0.337. The van der Waals surface area contributed by atoms with Crippen LogP contribution in [0.25, 0.3) is 0 Å². The molecule has 2 aliphatic rings. The number of hydrogen-bond acceptors (Lipinski definition) is 5. The van der Waals surface area contributed by atoms with Crippen molar-refractivity contribution in [1.29, 1.82) is 0 Å². The van der Waals surface area contributed by atoms with Crippen LogP contribution >= 0.6 is 11.3 Å². The summed E-state index contributed by atoms with van der Waals surface area (Å²) >= 11 is 1.77. The highest BCUT2D eigenvalue weighted by Crippen LogP contribution is 2.26. The van der Waals surface area contributed by atoms with Gasteiger partial charge in [0.25, 0.3) is 0 Å². The molecule has 0 N–H and O–H groups in total. The first kappa shape index (κ1) is 14.5. The lowest BCUT2D eigenvalue weighted by Crippen LogP contribution is -2.50. The smallest absolute Gasteiger partial charge is 0.118 e. The van der Waals surface area contributed by atoms with Crippen LogP contribution in [0.4, 0.5) is 0 Å². The molecule has 0 aromatic carbocycles. The fraction of sp³-hybridized carbons (Fsp3) is 0.529. The fourth-order valence-electron chi connectivity index (χ4n) is 3.57. The molecule has 2 atom stereocenters. The lowest BCUT2D eigenvalue weighted by molar-refractivity contribution is -0.0523. The summed E-state index contributed by atoms with van der Waals surface area (Å²) in [7, 11) is 0. The molecule has 0 radical (unpaired) electrons. The molecule has 2 aromatic rings. The van der Waals surface area contributed by atoms with Crippen molar-refractivity contribution >= 4 is 11.3 Å². The van der Waals surface area contributed by atoms with Gasteiger partial charge in [0.05, 0.1) is 25.3 Å². The van der Waals surface area contributed by atoms with Gasteiger partial charge in [0.1, 0.15) is 11.5 Å². The Morgan fingerprint density at radius 1 is 1.23 bits per heavy atom. The van der Waals surface area contributed by atoms with Crippen molar-refractivity contribution in [3.63, 3.8) is 0 Å². The molecule has 4 rings (SSSR count). The van der Waals surface area contributed by atoms with Crippen LogP contribution in [0, 0.1) is 6.92 Å². The molecule has 22 heavy (non-hydrogen) atoms. The molecule has 118 valence electrons. The Kier molecular flexibility index (Phi) is 4.05. The molecule has 0 bridgehead atoms. The molecule has 2 aliphatic heterocycles. The normalized spacial score (nSPS) is 26.4. The van der Waals surface area contributed by atoms with Gasteiger partial charge in [-0.3, -0.25) is 9.80 Å². The van der Waals surface area contributed by atoms with Crippen LogP contribution < -0.4 is 0 Å². The van der Waals surface area contributed by atoms with E-state index in [9.17, 15) is 0 Å². The van der Waals surface area contributed by atoms with Crippen molar-refractivity contribution in [1.82, 2.24) is 9.80 Å². The number of ether oxygens (including phenoxy) is 1. The van der Waals surface area contributed by atoms with E-state index in [0.717, 1.165) is 50.9 Å². The monoisotopic (exact) mass is 318 g/mol. The van der Waals surface area contributed by atoms with E-state index in [-0.39, 0.29) is 0 Å². The zero-order chi connectivity index (χ0) is 14.9. The average Bonchev–Trinajstić information content (AvgIpc) is 3.21. The zero-order valence-electron chi connectivity index (χ0n) is 12.9. The number of nitrogens with zero attached hydrogens (tertiary/aromatic N) is 2. The first-order chi connectivity index (χ1) is 10.8. The van der Waals surface area contributed by atoms with Crippen molar-refractivity contribution < 1.29 is 9.15 Å². The second kappa shape index (κ2) is 6.16. The van der Waals surface area contributed by atoms with Gasteiger partial charge in [-0.05, 0) is 41.4 Å². The number of fused-ring (bicyclic) bond motifs is 1. The lowest BCUT2D eigenvalue weighted by Gasteiger charge is -2.36. The molecule has 0 spiro atoms. The minimum atomic E-state index is 0.337. The predicted molar refractivity (Wildman–Crippen MR) is 87.0 cm³/mol. The number of likely N-dealkylation sites (tertiary alicyclic amines) is 1. The SMILES string of the molecule is Cc1ccc(CN2CCO[C@@H]3CN(Cc4ccsc4)C[C@@H]32)o1. The number of aryl methyl sites for hydroxylation is 1. The van der Waals surface area contributed by atoms with E-state index in [4.69, 9.17) is 9.15 Å². The van der Waals surface area contributed by atoms with Crippen LogP contribution in [0.1, 0.15) is 17.1 Å². The van der Waals surface area contributed by atoms with E-state index < -0.39 is 0 Å². The van der Waals surface area contributed by atoms with Gasteiger partial charge < -0.3 is 9.15 Å². The molecule has 4 nitrogen and oxygen atoms in total. The molecule has 0 saturated carbocycles. The molecule has 0 unspecified atom stereocenters. The highest BCUT2D eigenvalue weighted by Gasteiger charge is 2.40. The second-order valence-corrected chi connectivity index (χ2v) is 7.07. The molecule has 4 heterocycles. The van der Waals surface area contributed by atoms with E-state index in [1.165, 1.54) is 5.56 Å². The van der Waals surface area contributed by atoms with Crippen molar-refractivity contribution in [2.75, 3.05) is 26.2 Å². The summed E-state index contributed by atoms with van der Waals surface area (Å²) in [5.41, 5.74) is 1.41. The highest BCUT2D eigenvalue weighted by atomic mass is 32.1.